The van der Waals surface area contributed by atoms with Gasteiger partial charge in [0.25, 0.3) is 5.56 Å². The molecule has 0 spiro atoms. The predicted molar refractivity (Wildman–Crippen MR) is 89.5 cm³/mol. The van der Waals surface area contributed by atoms with Crippen LogP contribution in [0.3, 0.4) is 0 Å². The van der Waals surface area contributed by atoms with E-state index in [2.05, 4.69) is 17.0 Å². The molecular formula is C17H24N4O2. The van der Waals surface area contributed by atoms with Crippen LogP contribution in [0.2, 0.25) is 0 Å². The van der Waals surface area contributed by atoms with E-state index in [1.165, 1.54) is 6.42 Å². The summed E-state index contributed by atoms with van der Waals surface area (Å²) in [5.74, 6) is 0.136. The average molecular weight is 316 g/mol. The van der Waals surface area contributed by atoms with Crippen molar-refractivity contribution in [1.82, 2.24) is 19.7 Å². The molecule has 1 aliphatic heterocycles. The van der Waals surface area contributed by atoms with Gasteiger partial charge in [-0.05, 0) is 51.2 Å². The van der Waals surface area contributed by atoms with E-state index in [-0.39, 0.29) is 11.5 Å². The first-order valence-electron chi connectivity index (χ1n) is 8.24. The molecule has 1 amide bonds. The van der Waals surface area contributed by atoms with E-state index in [0.717, 1.165) is 36.2 Å². The fourth-order valence-corrected chi connectivity index (χ4v) is 3.63. The number of rotatable bonds is 2. The van der Waals surface area contributed by atoms with Crippen molar-refractivity contribution in [2.45, 2.75) is 52.5 Å². The summed E-state index contributed by atoms with van der Waals surface area (Å²) in [6.07, 6.45) is 3.65. The number of carbonyl (C=O) groups is 1. The van der Waals surface area contributed by atoms with Gasteiger partial charge in [-0.15, -0.1) is 0 Å². The second-order valence-electron chi connectivity index (χ2n) is 6.61. The Morgan fingerprint density at radius 1 is 1.35 bits per heavy atom. The number of hydrogen-bond donors (Lipinski definition) is 1. The maximum atomic E-state index is 12.7. The van der Waals surface area contributed by atoms with Crippen molar-refractivity contribution < 1.29 is 4.79 Å². The topological polar surface area (TPSA) is 71.0 Å². The zero-order valence-corrected chi connectivity index (χ0v) is 14.3. The van der Waals surface area contributed by atoms with E-state index < -0.39 is 0 Å². The number of aromatic nitrogens is 3. The van der Waals surface area contributed by atoms with E-state index >= 15 is 0 Å². The highest BCUT2D eigenvalue weighted by Crippen LogP contribution is 2.23. The van der Waals surface area contributed by atoms with Crippen molar-refractivity contribution in [3.05, 3.63) is 27.2 Å². The Kier molecular flexibility index (Phi) is 4.00. The smallest absolute Gasteiger partial charge is 0.273 e. The number of H-pyrrole nitrogens is 1. The van der Waals surface area contributed by atoms with Crippen molar-refractivity contribution in [1.29, 1.82) is 0 Å². The van der Waals surface area contributed by atoms with Crippen LogP contribution in [0, 0.1) is 13.8 Å². The van der Waals surface area contributed by atoms with Crippen molar-refractivity contribution >= 4 is 16.9 Å². The van der Waals surface area contributed by atoms with Gasteiger partial charge in [-0.1, -0.05) is 0 Å². The number of fused-ring (bicyclic) bond motifs is 1. The molecule has 1 N–H and O–H groups in total. The molecule has 0 radical (unpaired) electrons. The van der Waals surface area contributed by atoms with E-state index in [0.29, 0.717) is 23.5 Å². The average Bonchev–Trinajstić information content (AvgIpc) is 2.78. The maximum Gasteiger partial charge on any atom is 0.273 e. The zero-order chi connectivity index (χ0) is 16.7. The summed E-state index contributed by atoms with van der Waals surface area (Å²) in [5, 5.41) is 3.33. The Hall–Kier alpha value is -2.11. The molecule has 124 valence electrons. The van der Waals surface area contributed by atoms with Gasteiger partial charge in [0.2, 0.25) is 5.91 Å². The van der Waals surface area contributed by atoms with Crippen LogP contribution in [0.1, 0.15) is 43.0 Å². The van der Waals surface area contributed by atoms with Gasteiger partial charge in [-0.3, -0.25) is 19.4 Å². The third kappa shape index (κ3) is 2.66. The quantitative estimate of drug-likeness (QED) is 0.918. The number of aryl methyl sites for hydroxylation is 3. The van der Waals surface area contributed by atoms with Crippen LogP contribution in [0.15, 0.2) is 4.79 Å². The molecule has 1 saturated heterocycles. The van der Waals surface area contributed by atoms with Gasteiger partial charge in [-0.25, -0.2) is 4.98 Å². The fourth-order valence-electron chi connectivity index (χ4n) is 3.63. The van der Waals surface area contributed by atoms with Crippen molar-refractivity contribution in [3.8, 4) is 0 Å². The van der Waals surface area contributed by atoms with Crippen LogP contribution in [-0.2, 0) is 18.3 Å². The number of pyridine rings is 1. The molecule has 1 fully saturated rings. The number of piperidine rings is 1. The summed E-state index contributed by atoms with van der Waals surface area (Å²) in [4.78, 5) is 31.3. The fraction of sp³-hybridized carbons (Fsp3) is 0.588. The Morgan fingerprint density at radius 2 is 2.09 bits per heavy atom. The number of nitrogens with zero attached hydrogens (tertiary/aromatic N) is 3. The van der Waals surface area contributed by atoms with E-state index in [1.807, 2.05) is 18.7 Å². The molecule has 0 aliphatic carbocycles. The number of hydrogen-bond acceptors (Lipinski definition) is 3. The van der Waals surface area contributed by atoms with Crippen molar-refractivity contribution in [2.75, 3.05) is 6.54 Å². The summed E-state index contributed by atoms with van der Waals surface area (Å²) < 4.78 is 1.63. The molecule has 2 aromatic rings. The van der Waals surface area contributed by atoms with Crippen molar-refractivity contribution in [3.63, 3.8) is 0 Å². The van der Waals surface area contributed by atoms with Crippen molar-refractivity contribution in [2.24, 2.45) is 7.05 Å². The van der Waals surface area contributed by atoms with Gasteiger partial charge < -0.3 is 4.90 Å². The first kappa shape index (κ1) is 15.8. The minimum atomic E-state index is -0.146. The molecule has 1 aliphatic rings. The lowest BCUT2D eigenvalue weighted by Crippen LogP contribution is -2.43. The number of aromatic amines is 1. The minimum Gasteiger partial charge on any atom is -0.340 e. The molecule has 23 heavy (non-hydrogen) atoms. The monoisotopic (exact) mass is 316 g/mol. The van der Waals surface area contributed by atoms with E-state index in [9.17, 15) is 9.59 Å². The third-order valence-electron chi connectivity index (χ3n) is 5.03. The highest BCUT2D eigenvalue weighted by atomic mass is 16.2. The van der Waals surface area contributed by atoms with Crippen LogP contribution in [-0.4, -0.2) is 38.2 Å². The molecular weight excluding hydrogens is 292 g/mol. The third-order valence-corrected chi connectivity index (χ3v) is 5.03. The molecule has 3 heterocycles. The minimum absolute atomic E-state index is 0.136. The Labute approximate surface area is 135 Å². The summed E-state index contributed by atoms with van der Waals surface area (Å²) in [6.45, 7) is 6.76. The van der Waals surface area contributed by atoms with Gasteiger partial charge in [0.05, 0.1) is 11.8 Å². The summed E-state index contributed by atoms with van der Waals surface area (Å²) >= 11 is 0. The number of carbonyl (C=O) groups excluding carboxylic acids is 1. The SMILES string of the molecule is Cc1nc2c(c(C)c1CC(=O)N1CCCCC1C)c(=O)[nH]n2C. The summed E-state index contributed by atoms with van der Waals surface area (Å²) in [5.41, 5.74) is 3.08. The molecule has 3 rings (SSSR count). The lowest BCUT2D eigenvalue weighted by molar-refractivity contribution is -0.133. The molecule has 6 heteroatoms. The normalized spacial score (nSPS) is 18.6. The molecule has 1 unspecified atom stereocenters. The Morgan fingerprint density at radius 3 is 2.78 bits per heavy atom. The highest BCUT2D eigenvalue weighted by Gasteiger charge is 2.25. The molecule has 1 atom stereocenters. The van der Waals surface area contributed by atoms with Gasteiger partial charge in [0.1, 0.15) is 0 Å². The first-order chi connectivity index (χ1) is 10.9. The summed E-state index contributed by atoms with van der Waals surface area (Å²) in [6, 6.07) is 0.300. The van der Waals surface area contributed by atoms with Gasteiger partial charge >= 0.3 is 0 Å². The largest absolute Gasteiger partial charge is 0.340 e. The maximum absolute atomic E-state index is 12.7. The number of amides is 1. The standard InChI is InChI=1S/C17H24N4O2/c1-10-7-5-6-8-21(10)14(22)9-13-11(2)15-16(18-12(13)3)20(4)19-17(15)23/h10H,5-9H2,1-4H3,(H,19,23). The van der Waals surface area contributed by atoms with Crippen LogP contribution in [0.4, 0.5) is 0 Å². The number of nitrogens with one attached hydrogen (secondary N) is 1. The highest BCUT2D eigenvalue weighted by molar-refractivity contribution is 5.84. The zero-order valence-electron chi connectivity index (χ0n) is 14.3. The molecule has 2 aromatic heterocycles. The van der Waals surface area contributed by atoms with Gasteiger partial charge in [0.15, 0.2) is 5.65 Å². The molecule has 0 saturated carbocycles. The Balaban J connectivity index is 1.98. The number of likely N-dealkylation sites (tertiary alicyclic amines) is 1. The predicted octanol–water partition coefficient (Wildman–Crippen LogP) is 1.82. The van der Waals surface area contributed by atoms with Crippen LogP contribution in [0.25, 0.3) is 11.0 Å². The van der Waals surface area contributed by atoms with E-state index in [1.54, 1.807) is 11.7 Å². The molecule has 6 nitrogen and oxygen atoms in total. The molecule has 0 aromatic carbocycles. The van der Waals surface area contributed by atoms with Crippen LogP contribution in [0.5, 0.6) is 0 Å². The lowest BCUT2D eigenvalue weighted by atomic mass is 9.99. The molecule has 0 bridgehead atoms. The van der Waals surface area contributed by atoms with Crippen LogP contribution < -0.4 is 5.56 Å². The first-order valence-corrected chi connectivity index (χ1v) is 8.24. The lowest BCUT2D eigenvalue weighted by Gasteiger charge is -2.33. The van der Waals surface area contributed by atoms with E-state index in [4.69, 9.17) is 0 Å². The summed E-state index contributed by atoms with van der Waals surface area (Å²) in [7, 11) is 1.77. The van der Waals surface area contributed by atoms with Gasteiger partial charge in [-0.2, -0.15) is 0 Å². The Bertz CT molecular complexity index is 818. The van der Waals surface area contributed by atoms with Gasteiger partial charge in [0, 0.05) is 25.3 Å². The second kappa shape index (κ2) is 5.83. The second-order valence-corrected chi connectivity index (χ2v) is 6.61. The van der Waals surface area contributed by atoms with Crippen LogP contribution >= 0.6 is 0 Å².